The van der Waals surface area contributed by atoms with E-state index < -0.39 is 0 Å². The van der Waals surface area contributed by atoms with Gasteiger partial charge in [-0.25, -0.2) is 0 Å². The minimum atomic E-state index is 0.412. The Bertz CT molecular complexity index is 665. The van der Waals surface area contributed by atoms with Crippen LogP contribution in [0.15, 0.2) is 42.5 Å². The van der Waals surface area contributed by atoms with E-state index in [0.29, 0.717) is 11.8 Å². The van der Waals surface area contributed by atoms with E-state index in [1.807, 2.05) is 18.2 Å². The number of amidine groups is 1. The van der Waals surface area contributed by atoms with Crippen molar-refractivity contribution in [3.8, 4) is 0 Å². The first-order valence-corrected chi connectivity index (χ1v) is 8.21. The van der Waals surface area contributed by atoms with E-state index in [1.54, 1.807) is 6.92 Å². The average molecular weight is 330 g/mol. The molecule has 0 amide bonds. The van der Waals surface area contributed by atoms with Crippen molar-refractivity contribution in [2.24, 2.45) is 0 Å². The van der Waals surface area contributed by atoms with E-state index in [1.165, 1.54) is 16.7 Å². The van der Waals surface area contributed by atoms with Gasteiger partial charge in [-0.2, -0.15) is 0 Å². The van der Waals surface area contributed by atoms with Crippen LogP contribution in [-0.2, 0) is 6.54 Å². The molecule has 0 heterocycles. The van der Waals surface area contributed by atoms with Crippen molar-refractivity contribution in [2.45, 2.75) is 33.2 Å². The molecule has 4 heteroatoms. The predicted octanol–water partition coefficient (Wildman–Crippen LogP) is 4.95. The summed E-state index contributed by atoms with van der Waals surface area (Å²) in [4.78, 5) is 0. The minimum Gasteiger partial charge on any atom is -0.344 e. The highest BCUT2D eigenvalue weighted by atomic mass is 35.5. The Labute approximate surface area is 143 Å². The fraction of sp³-hybridized carbons (Fsp3) is 0.316. The molecule has 0 saturated carbocycles. The van der Waals surface area contributed by atoms with Crippen molar-refractivity contribution in [3.63, 3.8) is 0 Å². The zero-order chi connectivity index (χ0) is 16.8. The van der Waals surface area contributed by atoms with Crippen LogP contribution in [-0.4, -0.2) is 12.4 Å². The number of nitrogens with one attached hydrogen (secondary N) is 3. The van der Waals surface area contributed by atoms with Crippen LogP contribution in [0.4, 0.5) is 5.69 Å². The Morgan fingerprint density at radius 3 is 2.52 bits per heavy atom. The monoisotopic (exact) mass is 329 g/mol. The summed E-state index contributed by atoms with van der Waals surface area (Å²) in [5.41, 5.74) is 4.75. The van der Waals surface area contributed by atoms with E-state index in [9.17, 15) is 0 Å². The maximum Gasteiger partial charge on any atom is 0.0944 e. The van der Waals surface area contributed by atoms with E-state index in [2.05, 4.69) is 48.7 Å². The SMILES string of the molecule is CC(=N)Nc1ccc(CNCC(C)c2cc(Cl)ccc2C)cc1. The second-order valence-corrected chi connectivity index (χ2v) is 6.42. The van der Waals surface area contributed by atoms with Crippen molar-refractivity contribution in [2.75, 3.05) is 11.9 Å². The number of benzene rings is 2. The molecule has 23 heavy (non-hydrogen) atoms. The van der Waals surface area contributed by atoms with Crippen LogP contribution in [0.5, 0.6) is 0 Å². The fourth-order valence-electron chi connectivity index (χ4n) is 2.61. The number of halogens is 1. The normalized spacial score (nSPS) is 12.0. The number of hydrogen-bond donors (Lipinski definition) is 3. The van der Waals surface area contributed by atoms with E-state index in [4.69, 9.17) is 17.0 Å². The van der Waals surface area contributed by atoms with Gasteiger partial charge in [0, 0.05) is 23.8 Å². The lowest BCUT2D eigenvalue weighted by Gasteiger charge is -2.16. The van der Waals surface area contributed by atoms with Gasteiger partial charge in [-0.3, -0.25) is 5.41 Å². The van der Waals surface area contributed by atoms with Gasteiger partial charge in [-0.05, 0) is 60.7 Å². The lowest BCUT2D eigenvalue weighted by molar-refractivity contribution is 0.613. The second kappa shape index (κ2) is 8.14. The predicted molar refractivity (Wildman–Crippen MR) is 99.8 cm³/mol. The largest absolute Gasteiger partial charge is 0.344 e. The molecule has 2 aromatic rings. The molecule has 2 aromatic carbocycles. The first-order valence-electron chi connectivity index (χ1n) is 7.83. The summed E-state index contributed by atoms with van der Waals surface area (Å²) < 4.78 is 0. The fourth-order valence-corrected chi connectivity index (χ4v) is 2.79. The summed E-state index contributed by atoms with van der Waals surface area (Å²) in [6.45, 7) is 7.80. The number of aryl methyl sites for hydroxylation is 1. The number of hydrogen-bond acceptors (Lipinski definition) is 2. The smallest absolute Gasteiger partial charge is 0.0944 e. The molecule has 0 radical (unpaired) electrons. The Balaban J connectivity index is 1.86. The highest BCUT2D eigenvalue weighted by Crippen LogP contribution is 2.23. The molecule has 0 aliphatic heterocycles. The summed E-state index contributed by atoms with van der Waals surface area (Å²) in [6, 6.07) is 14.2. The van der Waals surface area contributed by atoms with Gasteiger partial charge in [-0.1, -0.05) is 36.7 Å². The van der Waals surface area contributed by atoms with Gasteiger partial charge < -0.3 is 10.6 Å². The number of anilines is 1. The first kappa shape index (κ1) is 17.5. The Kier molecular flexibility index (Phi) is 6.20. The molecule has 0 aromatic heterocycles. The third-order valence-electron chi connectivity index (χ3n) is 3.84. The third-order valence-corrected chi connectivity index (χ3v) is 4.07. The highest BCUT2D eigenvalue weighted by molar-refractivity contribution is 6.30. The van der Waals surface area contributed by atoms with E-state index >= 15 is 0 Å². The third kappa shape index (κ3) is 5.38. The maximum atomic E-state index is 7.42. The van der Waals surface area contributed by atoms with Crippen molar-refractivity contribution >= 4 is 23.1 Å². The molecule has 1 unspecified atom stereocenters. The summed E-state index contributed by atoms with van der Waals surface area (Å²) in [7, 11) is 0. The molecule has 0 aliphatic carbocycles. The first-order chi connectivity index (χ1) is 11.0. The quantitative estimate of drug-likeness (QED) is 0.518. The molecule has 0 spiro atoms. The molecule has 1 atom stereocenters. The molecule has 2 rings (SSSR count). The lowest BCUT2D eigenvalue weighted by Crippen LogP contribution is -2.20. The minimum absolute atomic E-state index is 0.412. The van der Waals surface area contributed by atoms with Crippen molar-refractivity contribution in [1.29, 1.82) is 5.41 Å². The molecule has 0 aliphatic rings. The van der Waals surface area contributed by atoms with Gasteiger partial charge >= 0.3 is 0 Å². The summed E-state index contributed by atoms with van der Waals surface area (Å²) >= 11 is 6.10. The Hall–Kier alpha value is -1.84. The van der Waals surface area contributed by atoms with Gasteiger partial charge in [0.15, 0.2) is 0 Å². The van der Waals surface area contributed by atoms with Crippen LogP contribution in [0.3, 0.4) is 0 Å². The lowest BCUT2D eigenvalue weighted by atomic mass is 9.96. The molecule has 0 bridgehead atoms. The van der Waals surface area contributed by atoms with Crippen molar-refractivity contribution in [3.05, 3.63) is 64.2 Å². The van der Waals surface area contributed by atoms with E-state index in [-0.39, 0.29) is 0 Å². The second-order valence-electron chi connectivity index (χ2n) is 5.98. The van der Waals surface area contributed by atoms with Crippen LogP contribution >= 0.6 is 11.6 Å². The summed E-state index contributed by atoms with van der Waals surface area (Å²) in [5.74, 6) is 0.858. The Morgan fingerprint density at radius 1 is 1.17 bits per heavy atom. The molecule has 3 N–H and O–H groups in total. The van der Waals surface area contributed by atoms with E-state index in [0.717, 1.165) is 23.8 Å². The van der Waals surface area contributed by atoms with Crippen molar-refractivity contribution in [1.82, 2.24) is 5.32 Å². The van der Waals surface area contributed by atoms with Gasteiger partial charge in [0.05, 0.1) is 5.84 Å². The van der Waals surface area contributed by atoms with Crippen LogP contribution in [0.25, 0.3) is 0 Å². The molecule has 0 saturated heterocycles. The number of rotatable bonds is 6. The standard InChI is InChI=1S/C19H24ClN3/c1-13-4-7-17(20)10-19(13)14(2)11-22-12-16-5-8-18(9-6-16)23-15(3)21/h4-10,14,22H,11-12H2,1-3H3,(H2,21,23). The van der Waals surface area contributed by atoms with Gasteiger partial charge in [-0.15, -0.1) is 0 Å². The summed E-state index contributed by atoms with van der Waals surface area (Å²) in [5, 5.41) is 14.7. The van der Waals surface area contributed by atoms with Crippen LogP contribution in [0, 0.1) is 12.3 Å². The van der Waals surface area contributed by atoms with Gasteiger partial charge in [0.25, 0.3) is 0 Å². The summed E-state index contributed by atoms with van der Waals surface area (Å²) in [6.07, 6.45) is 0. The van der Waals surface area contributed by atoms with Gasteiger partial charge in [0.2, 0.25) is 0 Å². The van der Waals surface area contributed by atoms with Crippen LogP contribution in [0.1, 0.15) is 36.5 Å². The highest BCUT2D eigenvalue weighted by Gasteiger charge is 2.09. The molecule has 122 valence electrons. The average Bonchev–Trinajstić information content (AvgIpc) is 2.51. The van der Waals surface area contributed by atoms with Crippen LogP contribution < -0.4 is 10.6 Å². The Morgan fingerprint density at radius 2 is 1.87 bits per heavy atom. The van der Waals surface area contributed by atoms with Crippen molar-refractivity contribution < 1.29 is 0 Å². The zero-order valence-corrected chi connectivity index (χ0v) is 14.7. The molecular weight excluding hydrogens is 306 g/mol. The molecule has 0 fully saturated rings. The van der Waals surface area contributed by atoms with Crippen LogP contribution in [0.2, 0.25) is 5.02 Å². The van der Waals surface area contributed by atoms with Gasteiger partial charge in [0.1, 0.15) is 0 Å². The molecular formula is C19H24ClN3. The molecule has 3 nitrogen and oxygen atoms in total. The zero-order valence-electron chi connectivity index (χ0n) is 13.9. The maximum absolute atomic E-state index is 7.42. The topological polar surface area (TPSA) is 47.9 Å².